The van der Waals surface area contributed by atoms with Crippen molar-refractivity contribution < 1.29 is 15.0 Å². The molecule has 16 heavy (non-hydrogen) atoms. The van der Waals surface area contributed by atoms with Gasteiger partial charge in [0, 0.05) is 9.99 Å². The van der Waals surface area contributed by atoms with E-state index in [1.165, 1.54) is 0 Å². The second-order valence-electron chi connectivity index (χ2n) is 3.24. The normalized spacial score (nSPS) is 11.8. The lowest BCUT2D eigenvalue weighted by Crippen LogP contribution is -2.13. The van der Waals surface area contributed by atoms with Crippen LogP contribution in [0.3, 0.4) is 0 Å². The van der Waals surface area contributed by atoms with Gasteiger partial charge in [0.2, 0.25) is 0 Å². The van der Waals surface area contributed by atoms with E-state index < -0.39 is 12.1 Å². The maximum Gasteiger partial charge on any atom is 0.337 e. The third kappa shape index (κ3) is 3.18. The molecule has 0 aliphatic carbocycles. The molecule has 2 N–H and O–H groups in total. The largest absolute Gasteiger partial charge is 0.479 e. The number of nitrogens with zero attached hydrogens (tertiary/aromatic N) is 1. The van der Waals surface area contributed by atoms with Crippen molar-refractivity contribution in [2.24, 2.45) is 0 Å². The molecular formula is C11H10INO3. The van der Waals surface area contributed by atoms with E-state index in [0.29, 0.717) is 24.0 Å². The lowest BCUT2D eigenvalue weighted by Gasteiger charge is -2.11. The van der Waals surface area contributed by atoms with Gasteiger partial charge in [-0.05, 0) is 52.3 Å². The third-order valence-electron chi connectivity index (χ3n) is 2.14. The van der Waals surface area contributed by atoms with Crippen molar-refractivity contribution in [1.82, 2.24) is 0 Å². The first kappa shape index (κ1) is 12.9. The number of hydrogen-bond donors (Lipinski definition) is 2. The molecule has 0 aromatic heterocycles. The SMILES string of the molecule is N#CCCc1cc(I)ccc1C(O)C(=O)O. The monoisotopic (exact) mass is 331 g/mol. The predicted molar refractivity (Wildman–Crippen MR) is 65.7 cm³/mol. The van der Waals surface area contributed by atoms with E-state index in [1.807, 2.05) is 6.07 Å². The van der Waals surface area contributed by atoms with Crippen LogP contribution in [0.4, 0.5) is 0 Å². The van der Waals surface area contributed by atoms with E-state index in [4.69, 9.17) is 10.4 Å². The molecule has 84 valence electrons. The van der Waals surface area contributed by atoms with Gasteiger partial charge >= 0.3 is 5.97 Å². The number of carbonyl (C=O) groups is 1. The van der Waals surface area contributed by atoms with Crippen molar-refractivity contribution in [3.8, 4) is 6.07 Å². The molecule has 5 heteroatoms. The number of hydrogen-bond acceptors (Lipinski definition) is 3. The van der Waals surface area contributed by atoms with Gasteiger partial charge in [-0.3, -0.25) is 0 Å². The minimum Gasteiger partial charge on any atom is -0.479 e. The summed E-state index contributed by atoms with van der Waals surface area (Å²) in [6, 6.07) is 7.12. The maximum absolute atomic E-state index is 10.7. The first-order valence-electron chi connectivity index (χ1n) is 4.62. The number of benzene rings is 1. The summed E-state index contributed by atoms with van der Waals surface area (Å²) >= 11 is 2.10. The van der Waals surface area contributed by atoms with Gasteiger partial charge in [-0.2, -0.15) is 5.26 Å². The number of aliphatic carboxylic acids is 1. The predicted octanol–water partition coefficient (Wildman–Crippen LogP) is 1.87. The summed E-state index contributed by atoms with van der Waals surface area (Å²) in [5.41, 5.74) is 1.08. The van der Waals surface area contributed by atoms with Crippen molar-refractivity contribution in [2.75, 3.05) is 0 Å². The van der Waals surface area contributed by atoms with Crippen molar-refractivity contribution in [2.45, 2.75) is 18.9 Å². The van der Waals surface area contributed by atoms with Gasteiger partial charge < -0.3 is 10.2 Å². The Kier molecular flexibility index (Phi) is 4.71. The fourth-order valence-corrected chi connectivity index (χ4v) is 1.94. The number of carboxylic acid groups (broad SMARTS) is 1. The Bertz CT molecular complexity index is 439. The van der Waals surface area contributed by atoms with Crippen LogP contribution < -0.4 is 0 Å². The van der Waals surface area contributed by atoms with Gasteiger partial charge in [0.25, 0.3) is 0 Å². The quantitative estimate of drug-likeness (QED) is 0.826. The first-order valence-corrected chi connectivity index (χ1v) is 5.70. The van der Waals surface area contributed by atoms with E-state index >= 15 is 0 Å². The van der Waals surface area contributed by atoms with Crippen LogP contribution in [0.2, 0.25) is 0 Å². The Morgan fingerprint density at radius 2 is 2.25 bits per heavy atom. The van der Waals surface area contributed by atoms with Crippen LogP contribution in [0.25, 0.3) is 0 Å². The van der Waals surface area contributed by atoms with Gasteiger partial charge in [-0.25, -0.2) is 4.79 Å². The van der Waals surface area contributed by atoms with E-state index in [-0.39, 0.29) is 0 Å². The Labute approximate surface area is 107 Å². The Hall–Kier alpha value is -1.13. The van der Waals surface area contributed by atoms with Crippen LogP contribution >= 0.6 is 22.6 Å². The summed E-state index contributed by atoms with van der Waals surface area (Å²) in [4.78, 5) is 10.7. The molecule has 4 nitrogen and oxygen atoms in total. The number of aryl methyl sites for hydroxylation is 1. The minimum atomic E-state index is -1.52. The summed E-state index contributed by atoms with van der Waals surface area (Å²) < 4.78 is 0.951. The van der Waals surface area contributed by atoms with E-state index in [0.717, 1.165) is 3.57 Å². The van der Waals surface area contributed by atoms with Crippen molar-refractivity contribution >= 4 is 28.6 Å². The molecule has 1 unspecified atom stereocenters. The number of carboxylic acids is 1. The molecule has 1 atom stereocenters. The molecule has 0 saturated heterocycles. The van der Waals surface area contributed by atoms with E-state index in [1.54, 1.807) is 18.2 Å². The first-order chi connectivity index (χ1) is 7.56. The molecule has 0 heterocycles. The maximum atomic E-state index is 10.7. The van der Waals surface area contributed by atoms with Crippen LogP contribution in [0.1, 0.15) is 23.7 Å². The highest BCUT2D eigenvalue weighted by Gasteiger charge is 2.19. The highest BCUT2D eigenvalue weighted by atomic mass is 127. The van der Waals surface area contributed by atoms with Gasteiger partial charge in [0.1, 0.15) is 0 Å². The van der Waals surface area contributed by atoms with Crippen molar-refractivity contribution in [1.29, 1.82) is 5.26 Å². The average Bonchev–Trinajstić information content (AvgIpc) is 2.25. The standard InChI is InChI=1S/C11H10INO3/c12-8-3-4-9(10(14)11(15)16)7(6-8)2-1-5-13/h3-4,6,10,14H,1-2H2,(H,15,16). The molecule has 1 rings (SSSR count). The summed E-state index contributed by atoms with van der Waals surface area (Å²) in [7, 11) is 0. The molecule has 0 aliphatic rings. The lowest BCUT2D eigenvalue weighted by molar-refractivity contribution is -0.147. The summed E-state index contributed by atoms with van der Waals surface area (Å²) in [5.74, 6) is -1.28. The summed E-state index contributed by atoms with van der Waals surface area (Å²) in [5, 5.41) is 26.7. The molecule has 0 fully saturated rings. The van der Waals surface area contributed by atoms with Gasteiger partial charge in [0.05, 0.1) is 6.07 Å². The molecule has 1 aromatic rings. The molecule has 0 aliphatic heterocycles. The van der Waals surface area contributed by atoms with E-state index in [2.05, 4.69) is 22.6 Å². The van der Waals surface area contributed by atoms with Gasteiger partial charge in [-0.1, -0.05) is 6.07 Å². The fraction of sp³-hybridized carbons (Fsp3) is 0.273. The molecule has 0 radical (unpaired) electrons. The van der Waals surface area contributed by atoms with Gasteiger partial charge in [-0.15, -0.1) is 0 Å². The van der Waals surface area contributed by atoms with Gasteiger partial charge in [0.15, 0.2) is 6.10 Å². The smallest absolute Gasteiger partial charge is 0.337 e. The summed E-state index contributed by atoms with van der Waals surface area (Å²) in [6.07, 6.45) is -0.766. The zero-order valence-electron chi connectivity index (χ0n) is 8.35. The molecule has 0 saturated carbocycles. The Morgan fingerprint density at radius 3 is 2.81 bits per heavy atom. The number of halogens is 1. The number of rotatable bonds is 4. The number of nitriles is 1. The highest BCUT2D eigenvalue weighted by Crippen LogP contribution is 2.22. The Balaban J connectivity index is 3.07. The minimum absolute atomic E-state index is 0.305. The highest BCUT2D eigenvalue weighted by molar-refractivity contribution is 14.1. The Morgan fingerprint density at radius 1 is 1.56 bits per heavy atom. The van der Waals surface area contributed by atoms with Crippen molar-refractivity contribution in [3.05, 3.63) is 32.9 Å². The lowest BCUT2D eigenvalue weighted by atomic mass is 9.99. The van der Waals surface area contributed by atoms with Crippen molar-refractivity contribution in [3.63, 3.8) is 0 Å². The number of aliphatic hydroxyl groups is 1. The third-order valence-corrected chi connectivity index (χ3v) is 2.81. The zero-order valence-corrected chi connectivity index (χ0v) is 10.5. The molecule has 0 amide bonds. The van der Waals surface area contributed by atoms with Crippen LogP contribution in [0, 0.1) is 14.9 Å². The molecule has 0 bridgehead atoms. The second-order valence-corrected chi connectivity index (χ2v) is 4.49. The van der Waals surface area contributed by atoms with Crippen LogP contribution in [-0.4, -0.2) is 16.2 Å². The topological polar surface area (TPSA) is 81.3 Å². The second kappa shape index (κ2) is 5.82. The van der Waals surface area contributed by atoms with Crippen LogP contribution in [-0.2, 0) is 11.2 Å². The fourth-order valence-electron chi connectivity index (χ4n) is 1.38. The van der Waals surface area contributed by atoms with Crippen LogP contribution in [0.15, 0.2) is 18.2 Å². The van der Waals surface area contributed by atoms with Crippen LogP contribution in [0.5, 0.6) is 0 Å². The zero-order chi connectivity index (χ0) is 12.1. The summed E-state index contributed by atoms with van der Waals surface area (Å²) in [6.45, 7) is 0. The van der Waals surface area contributed by atoms with E-state index in [9.17, 15) is 9.90 Å². The molecule has 0 spiro atoms. The number of aliphatic hydroxyl groups excluding tert-OH is 1. The molecular weight excluding hydrogens is 321 g/mol. The molecule has 1 aromatic carbocycles. The average molecular weight is 331 g/mol.